The van der Waals surface area contributed by atoms with E-state index in [1.807, 2.05) is 29.2 Å². The third-order valence-corrected chi connectivity index (χ3v) is 4.19. The minimum atomic E-state index is 0.216. The van der Waals surface area contributed by atoms with Gasteiger partial charge in [0.1, 0.15) is 0 Å². The molecule has 2 N–H and O–H groups in total. The summed E-state index contributed by atoms with van der Waals surface area (Å²) in [6.45, 7) is 8.28. The van der Waals surface area contributed by atoms with Gasteiger partial charge in [0.05, 0.1) is 0 Å². The first-order valence-electron chi connectivity index (χ1n) is 7.68. The fourth-order valence-corrected chi connectivity index (χ4v) is 2.74. The molecule has 3 nitrogen and oxygen atoms in total. The van der Waals surface area contributed by atoms with Gasteiger partial charge >= 0.3 is 0 Å². The number of hydrogen-bond acceptors (Lipinski definition) is 2. The maximum absolute atomic E-state index is 12.3. The van der Waals surface area contributed by atoms with Gasteiger partial charge in [0, 0.05) is 25.2 Å². The normalized spacial score (nSPS) is 15.8. The zero-order valence-electron chi connectivity index (χ0n) is 13.4. The van der Waals surface area contributed by atoms with Crippen LogP contribution in [-0.2, 0) is 11.2 Å². The van der Waals surface area contributed by atoms with E-state index in [2.05, 4.69) is 26.8 Å². The largest absolute Gasteiger partial charge is 0.399 e. The van der Waals surface area contributed by atoms with E-state index in [0.717, 1.165) is 37.2 Å². The second-order valence-electron chi connectivity index (χ2n) is 6.77. The average molecular weight is 286 g/mol. The number of para-hydroxylation sites is 1. The molecule has 0 atom stereocenters. The van der Waals surface area contributed by atoms with Crippen molar-refractivity contribution in [2.45, 2.75) is 40.0 Å². The summed E-state index contributed by atoms with van der Waals surface area (Å²) in [5.41, 5.74) is 9.43. The fraction of sp³-hybridized carbons (Fsp3) is 0.500. The van der Waals surface area contributed by atoms with Crippen molar-refractivity contribution in [2.24, 2.45) is 5.41 Å². The van der Waals surface area contributed by atoms with Crippen LogP contribution in [-0.4, -0.2) is 23.9 Å². The molecule has 21 heavy (non-hydrogen) atoms. The first-order valence-corrected chi connectivity index (χ1v) is 7.68. The van der Waals surface area contributed by atoms with Crippen LogP contribution in [0.4, 0.5) is 5.69 Å². The maximum Gasteiger partial charge on any atom is 0.223 e. The Kier molecular flexibility index (Phi) is 4.71. The van der Waals surface area contributed by atoms with Gasteiger partial charge in [-0.1, -0.05) is 50.6 Å². The second-order valence-corrected chi connectivity index (χ2v) is 6.77. The van der Waals surface area contributed by atoms with Crippen molar-refractivity contribution < 1.29 is 4.79 Å². The molecule has 0 aliphatic carbocycles. The third-order valence-electron chi connectivity index (χ3n) is 4.19. The monoisotopic (exact) mass is 286 g/mol. The average Bonchev–Trinajstić information content (AvgIpc) is 2.45. The van der Waals surface area contributed by atoms with E-state index >= 15 is 0 Å². The number of benzene rings is 1. The molecule has 2 rings (SSSR count). The number of amides is 1. The zero-order chi connectivity index (χ0) is 15.5. The Balaban J connectivity index is 1.89. The highest BCUT2D eigenvalue weighted by molar-refractivity contribution is 5.77. The molecule has 0 saturated carbocycles. The van der Waals surface area contributed by atoms with Crippen LogP contribution >= 0.6 is 0 Å². The lowest BCUT2D eigenvalue weighted by Crippen LogP contribution is -2.36. The first-order chi connectivity index (χ1) is 9.88. The van der Waals surface area contributed by atoms with Gasteiger partial charge in [-0.2, -0.15) is 0 Å². The highest BCUT2D eigenvalue weighted by Crippen LogP contribution is 2.30. The van der Waals surface area contributed by atoms with Crippen molar-refractivity contribution in [1.29, 1.82) is 0 Å². The number of nitrogens with two attached hydrogens (primary N) is 1. The molecule has 1 aromatic rings. The van der Waals surface area contributed by atoms with Crippen molar-refractivity contribution in [1.82, 2.24) is 4.90 Å². The number of rotatable bonds is 3. The molecule has 1 aromatic carbocycles. The summed E-state index contributed by atoms with van der Waals surface area (Å²) in [5.74, 6) is 0.225. The Labute approximate surface area is 127 Å². The van der Waals surface area contributed by atoms with Crippen LogP contribution in [0.15, 0.2) is 35.9 Å². The molecule has 0 spiro atoms. The summed E-state index contributed by atoms with van der Waals surface area (Å²) < 4.78 is 0. The van der Waals surface area contributed by atoms with Gasteiger partial charge in [-0.25, -0.2) is 0 Å². The number of hydrogen-bond donors (Lipinski definition) is 1. The molecule has 0 unspecified atom stereocenters. The quantitative estimate of drug-likeness (QED) is 0.683. The van der Waals surface area contributed by atoms with Crippen LogP contribution in [0, 0.1) is 5.41 Å². The minimum Gasteiger partial charge on any atom is -0.399 e. The molecule has 1 aliphatic heterocycles. The summed E-state index contributed by atoms with van der Waals surface area (Å²) in [7, 11) is 0. The van der Waals surface area contributed by atoms with E-state index in [0.29, 0.717) is 6.42 Å². The van der Waals surface area contributed by atoms with Gasteiger partial charge in [-0.3, -0.25) is 4.79 Å². The summed E-state index contributed by atoms with van der Waals surface area (Å²) in [6.07, 6.45) is 4.46. The Hall–Kier alpha value is -1.77. The summed E-state index contributed by atoms with van der Waals surface area (Å²) in [4.78, 5) is 14.2. The highest BCUT2D eigenvalue weighted by atomic mass is 16.2. The second kappa shape index (κ2) is 6.33. The van der Waals surface area contributed by atoms with Crippen LogP contribution in [0.1, 0.15) is 39.2 Å². The lowest BCUT2D eigenvalue weighted by Gasteiger charge is -2.32. The van der Waals surface area contributed by atoms with E-state index in [1.54, 1.807) is 0 Å². The van der Waals surface area contributed by atoms with Crippen molar-refractivity contribution in [3.63, 3.8) is 0 Å². The van der Waals surface area contributed by atoms with Gasteiger partial charge in [0.2, 0.25) is 5.91 Å². The Morgan fingerprint density at radius 2 is 2.00 bits per heavy atom. The van der Waals surface area contributed by atoms with Crippen molar-refractivity contribution in [3.05, 3.63) is 41.5 Å². The van der Waals surface area contributed by atoms with E-state index in [1.165, 1.54) is 5.57 Å². The Morgan fingerprint density at radius 3 is 2.57 bits per heavy atom. The number of aryl methyl sites for hydroxylation is 1. The number of carbonyl (C=O) groups excluding carboxylic acids is 1. The number of nitrogen functional groups attached to an aromatic ring is 1. The summed E-state index contributed by atoms with van der Waals surface area (Å²) >= 11 is 0. The molecule has 0 aromatic heterocycles. The number of nitrogens with zero attached hydrogens (tertiary/aromatic N) is 1. The molecule has 1 amide bonds. The van der Waals surface area contributed by atoms with Crippen molar-refractivity contribution >= 4 is 11.6 Å². The molecule has 0 fully saturated rings. The summed E-state index contributed by atoms with van der Waals surface area (Å²) in [5, 5.41) is 0. The first kappa shape index (κ1) is 15.6. The smallest absolute Gasteiger partial charge is 0.223 e. The lowest BCUT2D eigenvalue weighted by molar-refractivity contribution is -0.130. The van der Waals surface area contributed by atoms with Gasteiger partial charge in [-0.05, 0) is 29.9 Å². The van der Waals surface area contributed by atoms with E-state index in [-0.39, 0.29) is 11.3 Å². The SMILES string of the molecule is CC(C)(C)C1=CCN(C(=O)CCc2ccccc2N)CC1. The van der Waals surface area contributed by atoms with Gasteiger partial charge < -0.3 is 10.6 Å². The molecular weight excluding hydrogens is 260 g/mol. The molecule has 1 aliphatic rings. The molecule has 0 radical (unpaired) electrons. The summed E-state index contributed by atoms with van der Waals surface area (Å²) in [6, 6.07) is 7.77. The number of anilines is 1. The van der Waals surface area contributed by atoms with Crippen LogP contribution in [0.25, 0.3) is 0 Å². The predicted octanol–water partition coefficient (Wildman–Crippen LogP) is 3.41. The molecular formula is C18H26N2O. The van der Waals surface area contributed by atoms with Gasteiger partial charge in [-0.15, -0.1) is 0 Å². The van der Waals surface area contributed by atoms with Crippen molar-refractivity contribution in [3.8, 4) is 0 Å². The third kappa shape index (κ3) is 4.10. The van der Waals surface area contributed by atoms with Crippen LogP contribution in [0.3, 0.4) is 0 Å². The molecule has 0 saturated heterocycles. The van der Waals surface area contributed by atoms with Crippen molar-refractivity contribution in [2.75, 3.05) is 18.8 Å². The van der Waals surface area contributed by atoms with E-state index in [9.17, 15) is 4.79 Å². The van der Waals surface area contributed by atoms with Gasteiger partial charge in [0.25, 0.3) is 0 Å². The van der Waals surface area contributed by atoms with Gasteiger partial charge in [0.15, 0.2) is 0 Å². The predicted molar refractivity (Wildman–Crippen MR) is 87.9 cm³/mol. The van der Waals surface area contributed by atoms with E-state index in [4.69, 9.17) is 5.73 Å². The Bertz CT molecular complexity index is 540. The molecule has 1 heterocycles. The van der Waals surface area contributed by atoms with Crippen LogP contribution in [0.5, 0.6) is 0 Å². The highest BCUT2D eigenvalue weighted by Gasteiger charge is 2.23. The topological polar surface area (TPSA) is 46.3 Å². The molecule has 0 bridgehead atoms. The van der Waals surface area contributed by atoms with Crippen LogP contribution in [0.2, 0.25) is 0 Å². The standard InChI is InChI=1S/C18H26N2O/c1-18(2,3)15-10-12-20(13-11-15)17(21)9-8-14-6-4-5-7-16(14)19/h4-7,10H,8-9,11-13,19H2,1-3H3. The Morgan fingerprint density at radius 1 is 1.29 bits per heavy atom. The van der Waals surface area contributed by atoms with Crippen LogP contribution < -0.4 is 5.73 Å². The van der Waals surface area contributed by atoms with E-state index < -0.39 is 0 Å². The lowest BCUT2D eigenvalue weighted by atomic mass is 9.83. The number of carbonyl (C=O) groups is 1. The molecule has 114 valence electrons. The fourth-order valence-electron chi connectivity index (χ4n) is 2.74. The zero-order valence-corrected chi connectivity index (χ0v) is 13.4. The minimum absolute atomic E-state index is 0.216. The molecule has 3 heteroatoms. The maximum atomic E-state index is 12.3.